The van der Waals surface area contributed by atoms with Crippen LogP contribution in [0.2, 0.25) is 0 Å². The van der Waals surface area contributed by atoms with Gasteiger partial charge in [-0.2, -0.15) is 0 Å². The Kier molecular flexibility index (Phi) is 8.11. The third-order valence-corrected chi connectivity index (χ3v) is 3.94. The number of nitrogens with one attached hydrogen (secondary N) is 1. The highest BCUT2D eigenvalue weighted by Gasteiger charge is 2.39. The molecule has 0 spiro atoms. The molecule has 4 atom stereocenters. The van der Waals surface area contributed by atoms with E-state index in [0.29, 0.717) is 13.2 Å². The van der Waals surface area contributed by atoms with Crippen molar-refractivity contribution in [2.75, 3.05) is 20.3 Å². The van der Waals surface area contributed by atoms with Crippen LogP contribution in [0, 0.1) is 5.92 Å². The molecule has 20 heavy (non-hydrogen) atoms. The summed E-state index contributed by atoms with van der Waals surface area (Å²) in [6, 6.07) is -0.399. The lowest BCUT2D eigenvalue weighted by atomic mass is 9.91. The van der Waals surface area contributed by atoms with Gasteiger partial charge in [0.2, 0.25) is 0 Å². The van der Waals surface area contributed by atoms with Crippen LogP contribution in [0.5, 0.6) is 0 Å². The lowest BCUT2D eigenvalue weighted by Gasteiger charge is -2.38. The predicted molar refractivity (Wildman–Crippen MR) is 79.4 cm³/mol. The minimum atomic E-state index is -0.591. The van der Waals surface area contributed by atoms with E-state index >= 15 is 0 Å². The standard InChI is InChI=1S/C15H30N2O3/c1-4-5-6-7-8-9-17-15(18)14-12(16)13(19-3)11(2)10-20-14/h11-14H,4-10,16H2,1-3H3,(H,17,18)/t11-,12+,13-,14+/m0/s1. The van der Waals surface area contributed by atoms with Crippen LogP contribution in [-0.4, -0.2) is 44.4 Å². The van der Waals surface area contributed by atoms with Crippen LogP contribution in [-0.2, 0) is 14.3 Å². The summed E-state index contributed by atoms with van der Waals surface area (Å²) in [5.41, 5.74) is 6.08. The Morgan fingerprint density at radius 2 is 2.05 bits per heavy atom. The molecule has 0 aromatic carbocycles. The zero-order valence-corrected chi connectivity index (χ0v) is 13.1. The fourth-order valence-corrected chi connectivity index (χ4v) is 2.69. The largest absolute Gasteiger partial charge is 0.379 e. The van der Waals surface area contributed by atoms with Crippen molar-refractivity contribution in [1.82, 2.24) is 5.32 Å². The van der Waals surface area contributed by atoms with E-state index in [-0.39, 0.29) is 17.9 Å². The number of amides is 1. The van der Waals surface area contributed by atoms with E-state index in [1.807, 2.05) is 6.92 Å². The van der Waals surface area contributed by atoms with Gasteiger partial charge >= 0.3 is 0 Å². The zero-order chi connectivity index (χ0) is 15.0. The van der Waals surface area contributed by atoms with Gasteiger partial charge in [0.25, 0.3) is 5.91 Å². The minimum Gasteiger partial charge on any atom is -0.379 e. The molecular weight excluding hydrogens is 256 g/mol. The van der Waals surface area contributed by atoms with Gasteiger partial charge in [0.05, 0.1) is 18.8 Å². The summed E-state index contributed by atoms with van der Waals surface area (Å²) in [4.78, 5) is 12.1. The summed E-state index contributed by atoms with van der Waals surface area (Å²) in [6.07, 6.45) is 5.18. The van der Waals surface area contributed by atoms with Gasteiger partial charge in [0.15, 0.2) is 6.10 Å². The summed E-state index contributed by atoms with van der Waals surface area (Å²) in [7, 11) is 1.63. The molecule has 1 fully saturated rings. The van der Waals surface area contributed by atoms with E-state index in [1.54, 1.807) is 7.11 Å². The number of hydrogen-bond donors (Lipinski definition) is 2. The zero-order valence-electron chi connectivity index (χ0n) is 13.1. The second kappa shape index (κ2) is 9.32. The van der Waals surface area contributed by atoms with E-state index in [1.165, 1.54) is 19.3 Å². The van der Waals surface area contributed by atoms with Crippen LogP contribution < -0.4 is 11.1 Å². The molecule has 0 bridgehead atoms. The van der Waals surface area contributed by atoms with Crippen LogP contribution in [0.1, 0.15) is 46.0 Å². The fourth-order valence-electron chi connectivity index (χ4n) is 2.69. The molecule has 1 aliphatic heterocycles. The number of hydrogen-bond acceptors (Lipinski definition) is 4. The molecule has 1 aliphatic rings. The van der Waals surface area contributed by atoms with Gasteiger partial charge in [0, 0.05) is 19.6 Å². The second-order valence-electron chi connectivity index (χ2n) is 5.71. The summed E-state index contributed by atoms with van der Waals surface area (Å²) in [5.74, 6) is 0.107. The SMILES string of the molecule is CCCCCCCNC(=O)[C@@H]1OC[C@H](C)[C@H](OC)[C@H]1N. The molecule has 1 rings (SSSR count). The van der Waals surface area contributed by atoms with Crippen molar-refractivity contribution < 1.29 is 14.3 Å². The van der Waals surface area contributed by atoms with Crippen molar-refractivity contribution in [3.8, 4) is 0 Å². The van der Waals surface area contributed by atoms with Crippen LogP contribution in [0.3, 0.4) is 0 Å². The van der Waals surface area contributed by atoms with E-state index in [2.05, 4.69) is 12.2 Å². The maximum Gasteiger partial charge on any atom is 0.250 e. The smallest absolute Gasteiger partial charge is 0.250 e. The average Bonchev–Trinajstić information content (AvgIpc) is 2.43. The van der Waals surface area contributed by atoms with Gasteiger partial charge in [-0.05, 0) is 6.42 Å². The molecule has 0 saturated carbocycles. The van der Waals surface area contributed by atoms with Gasteiger partial charge in [-0.25, -0.2) is 0 Å². The van der Waals surface area contributed by atoms with Crippen LogP contribution >= 0.6 is 0 Å². The molecule has 0 aromatic rings. The van der Waals surface area contributed by atoms with Gasteiger partial charge in [0.1, 0.15) is 0 Å². The average molecular weight is 286 g/mol. The number of carbonyl (C=O) groups is 1. The predicted octanol–water partition coefficient (Wildman–Crippen LogP) is 1.45. The van der Waals surface area contributed by atoms with E-state index in [0.717, 1.165) is 12.8 Å². The van der Waals surface area contributed by atoms with Gasteiger partial charge < -0.3 is 20.5 Å². The van der Waals surface area contributed by atoms with Gasteiger partial charge in [-0.1, -0.05) is 39.5 Å². The number of rotatable bonds is 8. The summed E-state index contributed by atoms with van der Waals surface area (Å²) >= 11 is 0. The van der Waals surface area contributed by atoms with Crippen LogP contribution in [0.25, 0.3) is 0 Å². The van der Waals surface area contributed by atoms with E-state index < -0.39 is 12.1 Å². The Morgan fingerprint density at radius 3 is 2.70 bits per heavy atom. The Labute approximate surface area is 122 Å². The highest BCUT2D eigenvalue weighted by atomic mass is 16.5. The molecular formula is C15H30N2O3. The topological polar surface area (TPSA) is 73.6 Å². The quantitative estimate of drug-likeness (QED) is 0.662. The third kappa shape index (κ3) is 5.04. The van der Waals surface area contributed by atoms with Crippen LogP contribution in [0.15, 0.2) is 0 Å². The normalized spacial score (nSPS) is 30.2. The van der Waals surface area contributed by atoms with Gasteiger partial charge in [-0.15, -0.1) is 0 Å². The number of carbonyl (C=O) groups excluding carboxylic acids is 1. The molecule has 1 amide bonds. The lowest BCUT2D eigenvalue weighted by Crippen LogP contribution is -2.60. The molecule has 3 N–H and O–H groups in total. The molecule has 118 valence electrons. The molecule has 5 heteroatoms. The molecule has 1 heterocycles. The molecule has 0 radical (unpaired) electrons. The molecule has 1 saturated heterocycles. The second-order valence-corrected chi connectivity index (χ2v) is 5.71. The summed E-state index contributed by atoms with van der Waals surface area (Å²) < 4.78 is 11.0. The van der Waals surface area contributed by atoms with Crippen molar-refractivity contribution in [3.63, 3.8) is 0 Å². The maximum atomic E-state index is 12.1. The summed E-state index contributed by atoms with van der Waals surface area (Å²) in [5, 5.41) is 2.92. The molecule has 0 aliphatic carbocycles. The van der Waals surface area contributed by atoms with Crippen molar-refractivity contribution in [3.05, 3.63) is 0 Å². The van der Waals surface area contributed by atoms with Crippen molar-refractivity contribution in [2.45, 2.75) is 64.2 Å². The molecule has 0 aromatic heterocycles. The number of methoxy groups -OCH3 is 1. The first-order valence-corrected chi connectivity index (χ1v) is 7.79. The van der Waals surface area contributed by atoms with E-state index in [9.17, 15) is 4.79 Å². The monoisotopic (exact) mass is 286 g/mol. The Balaban J connectivity index is 2.28. The number of unbranched alkanes of at least 4 members (excludes halogenated alkanes) is 4. The Hall–Kier alpha value is -0.650. The van der Waals surface area contributed by atoms with Crippen molar-refractivity contribution in [1.29, 1.82) is 0 Å². The molecule has 0 unspecified atom stereocenters. The first kappa shape index (κ1) is 17.4. The van der Waals surface area contributed by atoms with Gasteiger partial charge in [-0.3, -0.25) is 4.79 Å². The third-order valence-electron chi connectivity index (χ3n) is 3.94. The van der Waals surface area contributed by atoms with Crippen LogP contribution in [0.4, 0.5) is 0 Å². The lowest BCUT2D eigenvalue weighted by molar-refractivity contribution is -0.150. The highest BCUT2D eigenvalue weighted by molar-refractivity contribution is 5.81. The first-order valence-electron chi connectivity index (χ1n) is 7.79. The minimum absolute atomic E-state index is 0.109. The first-order chi connectivity index (χ1) is 9.61. The number of nitrogens with two attached hydrogens (primary N) is 1. The van der Waals surface area contributed by atoms with Crippen molar-refractivity contribution >= 4 is 5.91 Å². The number of ether oxygens (including phenoxy) is 2. The summed E-state index contributed by atoms with van der Waals surface area (Å²) in [6.45, 7) is 5.43. The Morgan fingerprint density at radius 1 is 1.35 bits per heavy atom. The fraction of sp³-hybridized carbons (Fsp3) is 0.933. The van der Waals surface area contributed by atoms with E-state index in [4.69, 9.17) is 15.2 Å². The molecule has 5 nitrogen and oxygen atoms in total. The maximum absolute atomic E-state index is 12.1. The highest BCUT2D eigenvalue weighted by Crippen LogP contribution is 2.21. The van der Waals surface area contributed by atoms with Crippen molar-refractivity contribution in [2.24, 2.45) is 11.7 Å². The Bertz CT molecular complexity index is 286.